The van der Waals surface area contributed by atoms with Crippen molar-refractivity contribution in [3.63, 3.8) is 0 Å². The van der Waals surface area contributed by atoms with Gasteiger partial charge in [-0.15, -0.1) is 0 Å². The van der Waals surface area contributed by atoms with Crippen molar-refractivity contribution in [2.24, 2.45) is 0 Å². The summed E-state index contributed by atoms with van der Waals surface area (Å²) in [5.41, 5.74) is 1.14. The van der Waals surface area contributed by atoms with E-state index in [4.69, 9.17) is 9.47 Å². The van der Waals surface area contributed by atoms with Gasteiger partial charge in [-0.1, -0.05) is 12.1 Å². The number of hydrogen-bond acceptors (Lipinski definition) is 3. The Balaban J connectivity index is 1.59. The first kappa shape index (κ1) is 18.3. The summed E-state index contributed by atoms with van der Waals surface area (Å²) in [6, 6.07) is 10.8. The Hall–Kier alpha value is -2.47. The van der Waals surface area contributed by atoms with Crippen LogP contribution in [0.2, 0.25) is 0 Å². The molecule has 1 amide bonds. The standard InChI is InChI=1S/C20H21F2NO3/c1-25-16-5-2-4-15(11-16)20(24)23-9-3-6-17(12-23)26-13-14-7-8-18(21)19(22)10-14/h2,4-5,7-8,10-11,17H,3,6,9,12-13H2,1H3/t17-/m1/s1. The molecule has 2 aromatic rings. The maximum absolute atomic E-state index is 13.3. The Bertz CT molecular complexity index is 781. The van der Waals surface area contributed by atoms with Crippen LogP contribution in [0.15, 0.2) is 42.5 Å². The monoisotopic (exact) mass is 361 g/mol. The second-order valence-corrected chi connectivity index (χ2v) is 6.31. The molecular weight excluding hydrogens is 340 g/mol. The molecule has 0 bridgehead atoms. The van der Waals surface area contributed by atoms with Crippen molar-refractivity contribution >= 4 is 5.91 Å². The fourth-order valence-corrected chi connectivity index (χ4v) is 3.04. The van der Waals surface area contributed by atoms with Crippen molar-refractivity contribution in [3.05, 3.63) is 65.2 Å². The molecule has 1 aliphatic heterocycles. The third kappa shape index (κ3) is 4.38. The van der Waals surface area contributed by atoms with E-state index in [0.29, 0.717) is 30.0 Å². The topological polar surface area (TPSA) is 38.8 Å². The highest BCUT2D eigenvalue weighted by molar-refractivity contribution is 5.94. The minimum absolute atomic E-state index is 0.0648. The lowest BCUT2D eigenvalue weighted by atomic mass is 10.1. The molecule has 0 aliphatic carbocycles. The minimum Gasteiger partial charge on any atom is -0.497 e. The van der Waals surface area contributed by atoms with E-state index in [1.54, 1.807) is 36.3 Å². The highest BCUT2D eigenvalue weighted by atomic mass is 19.2. The van der Waals surface area contributed by atoms with Crippen molar-refractivity contribution < 1.29 is 23.0 Å². The summed E-state index contributed by atoms with van der Waals surface area (Å²) in [6.07, 6.45) is 1.52. The summed E-state index contributed by atoms with van der Waals surface area (Å²) in [5, 5.41) is 0. The first-order valence-electron chi connectivity index (χ1n) is 8.55. The number of amides is 1. The molecule has 4 nitrogen and oxygen atoms in total. The van der Waals surface area contributed by atoms with Crippen molar-refractivity contribution in [1.82, 2.24) is 4.90 Å². The van der Waals surface area contributed by atoms with Crippen molar-refractivity contribution in [2.75, 3.05) is 20.2 Å². The molecule has 0 spiro atoms. The maximum atomic E-state index is 13.3. The predicted octanol–water partition coefficient (Wildman–Crippen LogP) is 3.79. The van der Waals surface area contributed by atoms with Crippen LogP contribution in [0.4, 0.5) is 8.78 Å². The summed E-state index contributed by atoms with van der Waals surface area (Å²) in [6.45, 7) is 1.32. The van der Waals surface area contributed by atoms with Crippen LogP contribution < -0.4 is 4.74 Å². The number of benzene rings is 2. The first-order valence-corrected chi connectivity index (χ1v) is 8.55. The van der Waals surface area contributed by atoms with Gasteiger partial charge in [0.25, 0.3) is 5.91 Å². The fraction of sp³-hybridized carbons (Fsp3) is 0.350. The quantitative estimate of drug-likeness (QED) is 0.813. The number of halogens is 2. The van der Waals surface area contributed by atoms with Gasteiger partial charge >= 0.3 is 0 Å². The molecule has 0 unspecified atom stereocenters. The molecule has 0 radical (unpaired) electrons. The summed E-state index contributed by atoms with van der Waals surface area (Å²) in [4.78, 5) is 14.5. The largest absolute Gasteiger partial charge is 0.497 e. The zero-order valence-corrected chi connectivity index (χ0v) is 14.6. The van der Waals surface area contributed by atoms with Crippen molar-refractivity contribution in [3.8, 4) is 5.75 Å². The van der Waals surface area contributed by atoms with Crippen LogP contribution >= 0.6 is 0 Å². The number of hydrogen-bond donors (Lipinski definition) is 0. The molecular formula is C20H21F2NO3. The maximum Gasteiger partial charge on any atom is 0.254 e. The van der Waals surface area contributed by atoms with Crippen LogP contribution in [0, 0.1) is 11.6 Å². The lowest BCUT2D eigenvalue weighted by Crippen LogP contribution is -2.43. The van der Waals surface area contributed by atoms with E-state index in [1.165, 1.54) is 6.07 Å². The van der Waals surface area contributed by atoms with E-state index >= 15 is 0 Å². The Labute approximate surface area is 151 Å². The Morgan fingerprint density at radius 3 is 2.81 bits per heavy atom. The van der Waals surface area contributed by atoms with Crippen molar-refractivity contribution in [1.29, 1.82) is 0 Å². The van der Waals surface area contributed by atoms with E-state index in [9.17, 15) is 13.6 Å². The summed E-state index contributed by atoms with van der Waals surface area (Å²) in [5.74, 6) is -1.19. The van der Waals surface area contributed by atoms with Crippen LogP contribution in [0.3, 0.4) is 0 Å². The summed E-state index contributed by atoms with van der Waals surface area (Å²) >= 11 is 0. The number of methoxy groups -OCH3 is 1. The number of likely N-dealkylation sites (tertiary alicyclic amines) is 1. The first-order chi connectivity index (χ1) is 12.6. The molecule has 1 fully saturated rings. The van der Waals surface area contributed by atoms with Gasteiger partial charge in [-0.05, 0) is 48.7 Å². The average Bonchev–Trinajstić information content (AvgIpc) is 2.68. The molecule has 138 valence electrons. The van der Waals surface area contributed by atoms with Crippen LogP contribution in [-0.2, 0) is 11.3 Å². The Morgan fingerprint density at radius 1 is 1.19 bits per heavy atom. The molecule has 0 N–H and O–H groups in total. The van der Waals surface area contributed by atoms with Gasteiger partial charge in [-0.25, -0.2) is 8.78 Å². The normalized spacial score (nSPS) is 17.2. The van der Waals surface area contributed by atoms with Gasteiger partial charge in [0.05, 0.1) is 19.8 Å². The van der Waals surface area contributed by atoms with Gasteiger partial charge in [0.2, 0.25) is 0 Å². The fourth-order valence-electron chi connectivity index (χ4n) is 3.04. The minimum atomic E-state index is -0.885. The van der Waals surface area contributed by atoms with Crippen LogP contribution in [-0.4, -0.2) is 37.1 Å². The predicted molar refractivity (Wildman–Crippen MR) is 93.1 cm³/mol. The third-order valence-electron chi connectivity index (χ3n) is 4.45. The molecule has 26 heavy (non-hydrogen) atoms. The SMILES string of the molecule is COc1cccc(C(=O)N2CCC[C@@H](OCc3ccc(F)c(F)c3)C2)c1. The molecule has 1 saturated heterocycles. The molecule has 1 aliphatic rings. The van der Waals surface area contributed by atoms with Gasteiger partial charge < -0.3 is 14.4 Å². The number of carbonyl (C=O) groups is 1. The van der Waals surface area contributed by atoms with E-state index in [1.807, 2.05) is 0 Å². The second-order valence-electron chi connectivity index (χ2n) is 6.31. The molecule has 0 aromatic heterocycles. The summed E-state index contributed by atoms with van der Waals surface area (Å²) in [7, 11) is 1.56. The molecule has 1 heterocycles. The highest BCUT2D eigenvalue weighted by Gasteiger charge is 2.25. The van der Waals surface area contributed by atoms with Gasteiger partial charge in [0.15, 0.2) is 11.6 Å². The van der Waals surface area contributed by atoms with E-state index in [-0.39, 0.29) is 18.6 Å². The third-order valence-corrected chi connectivity index (χ3v) is 4.45. The van der Waals surface area contributed by atoms with Gasteiger partial charge in [0.1, 0.15) is 5.75 Å². The molecule has 6 heteroatoms. The van der Waals surface area contributed by atoms with E-state index in [0.717, 1.165) is 25.0 Å². The Morgan fingerprint density at radius 2 is 2.04 bits per heavy atom. The smallest absolute Gasteiger partial charge is 0.254 e. The lowest BCUT2D eigenvalue weighted by Gasteiger charge is -2.32. The van der Waals surface area contributed by atoms with Gasteiger partial charge in [-0.2, -0.15) is 0 Å². The van der Waals surface area contributed by atoms with Crippen molar-refractivity contribution in [2.45, 2.75) is 25.6 Å². The molecule has 1 atom stereocenters. The number of piperidine rings is 1. The van der Waals surface area contributed by atoms with Crippen LogP contribution in [0.25, 0.3) is 0 Å². The number of rotatable bonds is 5. The van der Waals surface area contributed by atoms with Gasteiger partial charge in [0, 0.05) is 18.7 Å². The number of ether oxygens (including phenoxy) is 2. The Kier molecular flexibility index (Phi) is 5.83. The molecule has 2 aromatic carbocycles. The summed E-state index contributed by atoms with van der Waals surface area (Å²) < 4.78 is 37.2. The van der Waals surface area contributed by atoms with E-state index in [2.05, 4.69) is 0 Å². The second kappa shape index (κ2) is 8.27. The highest BCUT2D eigenvalue weighted by Crippen LogP contribution is 2.20. The molecule has 3 rings (SSSR count). The van der Waals surface area contributed by atoms with E-state index < -0.39 is 11.6 Å². The number of carbonyl (C=O) groups excluding carboxylic acids is 1. The molecule has 0 saturated carbocycles. The lowest BCUT2D eigenvalue weighted by molar-refractivity contribution is -0.00682. The van der Waals surface area contributed by atoms with Crippen LogP contribution in [0.5, 0.6) is 5.75 Å². The zero-order valence-electron chi connectivity index (χ0n) is 14.6. The average molecular weight is 361 g/mol. The van der Waals surface area contributed by atoms with Gasteiger partial charge in [-0.3, -0.25) is 4.79 Å². The zero-order chi connectivity index (χ0) is 18.5. The van der Waals surface area contributed by atoms with Crippen LogP contribution in [0.1, 0.15) is 28.8 Å². The number of nitrogens with zero attached hydrogens (tertiary/aromatic N) is 1.